The number of hydrogen-bond acceptors (Lipinski definition) is 2. The second-order valence-electron chi connectivity index (χ2n) is 5.72. The van der Waals surface area contributed by atoms with Crippen LogP contribution in [-0.2, 0) is 0 Å². The summed E-state index contributed by atoms with van der Waals surface area (Å²) in [5.41, 5.74) is 3.49. The zero-order valence-electron chi connectivity index (χ0n) is 13.0. The average molecular weight is 303 g/mol. The largest absolute Gasteiger partial charge is 0.313 e. The first-order valence-corrected chi connectivity index (χ1v) is 7.93. The molecule has 2 rings (SSSR count). The van der Waals surface area contributed by atoms with E-state index in [1.54, 1.807) is 0 Å². The Bertz CT molecular complexity index is 632. The number of fused-ring (bicyclic) bond motifs is 1. The van der Waals surface area contributed by atoms with E-state index in [0.29, 0.717) is 5.92 Å². The van der Waals surface area contributed by atoms with E-state index in [4.69, 9.17) is 11.6 Å². The van der Waals surface area contributed by atoms with Gasteiger partial charge in [-0.05, 0) is 37.1 Å². The second kappa shape index (κ2) is 7.58. The summed E-state index contributed by atoms with van der Waals surface area (Å²) >= 11 is 6.24. The van der Waals surface area contributed by atoms with E-state index in [-0.39, 0.29) is 0 Å². The van der Waals surface area contributed by atoms with Crippen molar-refractivity contribution >= 4 is 28.6 Å². The molecule has 0 fully saturated rings. The number of rotatable bonds is 6. The van der Waals surface area contributed by atoms with Gasteiger partial charge in [0.15, 0.2) is 0 Å². The predicted octanol–water partition coefficient (Wildman–Crippen LogP) is 4.93. The van der Waals surface area contributed by atoms with Crippen LogP contribution < -0.4 is 5.32 Å². The highest BCUT2D eigenvalue weighted by atomic mass is 35.5. The van der Waals surface area contributed by atoms with Crippen molar-refractivity contribution in [2.75, 3.05) is 13.1 Å². The number of benzene rings is 1. The summed E-state index contributed by atoms with van der Waals surface area (Å²) in [4.78, 5) is 4.49. The third-order valence-corrected chi connectivity index (χ3v) is 3.80. The number of aromatic nitrogens is 1. The van der Waals surface area contributed by atoms with Crippen LogP contribution in [0.5, 0.6) is 0 Å². The first kappa shape index (κ1) is 16.0. The highest BCUT2D eigenvalue weighted by Gasteiger charge is 2.05. The van der Waals surface area contributed by atoms with Crippen molar-refractivity contribution in [3.05, 3.63) is 46.6 Å². The van der Waals surface area contributed by atoms with Crippen molar-refractivity contribution in [3.8, 4) is 0 Å². The molecule has 0 saturated carbocycles. The molecule has 1 aromatic heterocycles. The number of hydrogen-bond donors (Lipinski definition) is 1. The Morgan fingerprint density at radius 3 is 2.86 bits per heavy atom. The number of halogens is 1. The predicted molar refractivity (Wildman–Crippen MR) is 92.7 cm³/mol. The van der Waals surface area contributed by atoms with Gasteiger partial charge in [0, 0.05) is 23.7 Å². The zero-order chi connectivity index (χ0) is 15.2. The Hall–Kier alpha value is -1.38. The van der Waals surface area contributed by atoms with Crippen molar-refractivity contribution in [2.45, 2.75) is 27.2 Å². The molecule has 0 aliphatic carbocycles. The Morgan fingerprint density at radius 1 is 1.33 bits per heavy atom. The van der Waals surface area contributed by atoms with Gasteiger partial charge >= 0.3 is 0 Å². The Labute approximate surface area is 132 Å². The van der Waals surface area contributed by atoms with Crippen LogP contribution in [0.1, 0.15) is 32.8 Å². The molecule has 0 atom stereocenters. The Balaban J connectivity index is 2.28. The third-order valence-electron chi connectivity index (χ3n) is 3.47. The van der Waals surface area contributed by atoms with Crippen LogP contribution in [0.15, 0.2) is 36.0 Å². The minimum Gasteiger partial charge on any atom is -0.313 e. The maximum absolute atomic E-state index is 6.24. The van der Waals surface area contributed by atoms with Gasteiger partial charge < -0.3 is 5.32 Å². The lowest BCUT2D eigenvalue weighted by atomic mass is 10.0. The van der Waals surface area contributed by atoms with E-state index in [1.165, 1.54) is 5.57 Å². The topological polar surface area (TPSA) is 24.9 Å². The summed E-state index contributed by atoms with van der Waals surface area (Å²) in [5, 5.41) is 5.27. The minimum atomic E-state index is 0.668. The summed E-state index contributed by atoms with van der Waals surface area (Å²) in [7, 11) is 0. The Kier molecular flexibility index (Phi) is 5.77. The maximum Gasteiger partial charge on any atom is 0.0789 e. The van der Waals surface area contributed by atoms with Gasteiger partial charge in [0.1, 0.15) is 0 Å². The molecule has 112 valence electrons. The molecule has 1 N–H and O–H groups in total. The highest BCUT2D eigenvalue weighted by molar-refractivity contribution is 6.35. The maximum atomic E-state index is 6.24. The van der Waals surface area contributed by atoms with Crippen LogP contribution in [0.3, 0.4) is 0 Å². The molecule has 2 aromatic rings. The monoisotopic (exact) mass is 302 g/mol. The molecule has 0 unspecified atom stereocenters. The fourth-order valence-corrected chi connectivity index (χ4v) is 2.51. The lowest BCUT2D eigenvalue weighted by molar-refractivity contribution is 0.569. The van der Waals surface area contributed by atoms with Crippen LogP contribution in [0.2, 0.25) is 5.02 Å². The molecule has 0 bridgehead atoms. The lowest BCUT2D eigenvalue weighted by Gasteiger charge is -2.10. The molecule has 21 heavy (non-hydrogen) atoms. The molecule has 0 saturated heterocycles. The highest BCUT2D eigenvalue weighted by Crippen LogP contribution is 2.26. The first-order valence-electron chi connectivity index (χ1n) is 7.55. The van der Waals surface area contributed by atoms with E-state index in [9.17, 15) is 0 Å². The van der Waals surface area contributed by atoms with Gasteiger partial charge in [-0.25, -0.2) is 0 Å². The molecule has 0 aliphatic heterocycles. The van der Waals surface area contributed by atoms with E-state index in [0.717, 1.165) is 41.0 Å². The van der Waals surface area contributed by atoms with Gasteiger partial charge in [-0.15, -0.1) is 0 Å². The molecule has 0 radical (unpaired) electrons. The summed E-state index contributed by atoms with van der Waals surface area (Å²) < 4.78 is 0. The fourth-order valence-electron chi connectivity index (χ4n) is 2.30. The normalized spacial score (nSPS) is 12.3. The van der Waals surface area contributed by atoms with E-state index >= 15 is 0 Å². The standard InChI is InChI=1S/C18H23ClN2/c1-4-14(12-20-11-13(2)3)10-15-7-8-17(19)16-6-5-9-21-18(15)16/h5-10,13,20H,4,11-12H2,1-3H3/b14-10-. The van der Waals surface area contributed by atoms with Crippen molar-refractivity contribution < 1.29 is 0 Å². The van der Waals surface area contributed by atoms with Crippen LogP contribution in [0.25, 0.3) is 17.0 Å². The minimum absolute atomic E-state index is 0.668. The summed E-state index contributed by atoms with van der Waals surface area (Å²) in [6, 6.07) is 7.94. The zero-order valence-corrected chi connectivity index (χ0v) is 13.7. The van der Waals surface area contributed by atoms with E-state index in [2.05, 4.69) is 43.2 Å². The summed E-state index contributed by atoms with van der Waals surface area (Å²) in [5.74, 6) is 0.668. The SMILES string of the molecule is CC/C(=C/c1ccc(Cl)c2cccnc12)CNCC(C)C. The van der Waals surface area contributed by atoms with E-state index < -0.39 is 0 Å². The van der Waals surface area contributed by atoms with Crippen LogP contribution >= 0.6 is 11.6 Å². The van der Waals surface area contributed by atoms with Gasteiger partial charge in [0.2, 0.25) is 0 Å². The molecule has 0 aliphatic rings. The van der Waals surface area contributed by atoms with Crippen molar-refractivity contribution in [3.63, 3.8) is 0 Å². The van der Waals surface area contributed by atoms with Gasteiger partial charge in [-0.2, -0.15) is 0 Å². The quantitative estimate of drug-likeness (QED) is 0.818. The molecular formula is C18H23ClN2. The van der Waals surface area contributed by atoms with Gasteiger partial charge in [0.25, 0.3) is 0 Å². The van der Waals surface area contributed by atoms with Gasteiger partial charge in [-0.3, -0.25) is 4.98 Å². The molecule has 0 spiro atoms. The van der Waals surface area contributed by atoms with Crippen LogP contribution in [-0.4, -0.2) is 18.1 Å². The fraction of sp³-hybridized carbons (Fsp3) is 0.389. The van der Waals surface area contributed by atoms with Gasteiger partial charge in [-0.1, -0.05) is 50.1 Å². The Morgan fingerprint density at radius 2 is 2.14 bits per heavy atom. The third kappa shape index (κ3) is 4.29. The molecule has 3 heteroatoms. The number of nitrogens with zero attached hydrogens (tertiary/aromatic N) is 1. The smallest absolute Gasteiger partial charge is 0.0789 e. The second-order valence-corrected chi connectivity index (χ2v) is 6.12. The van der Waals surface area contributed by atoms with Crippen LogP contribution in [0, 0.1) is 5.92 Å². The van der Waals surface area contributed by atoms with Crippen LogP contribution in [0.4, 0.5) is 0 Å². The molecule has 0 amide bonds. The molecular weight excluding hydrogens is 280 g/mol. The average Bonchev–Trinajstić information content (AvgIpc) is 2.48. The number of pyridine rings is 1. The summed E-state index contributed by atoms with van der Waals surface area (Å²) in [6.45, 7) is 8.59. The summed E-state index contributed by atoms with van der Waals surface area (Å²) in [6.07, 6.45) is 5.08. The van der Waals surface area contributed by atoms with Crippen molar-refractivity contribution in [1.82, 2.24) is 10.3 Å². The molecule has 1 aromatic carbocycles. The molecule has 2 nitrogen and oxygen atoms in total. The van der Waals surface area contributed by atoms with Gasteiger partial charge in [0.05, 0.1) is 10.5 Å². The number of nitrogens with one attached hydrogen (secondary N) is 1. The lowest BCUT2D eigenvalue weighted by Crippen LogP contribution is -2.21. The molecule has 1 heterocycles. The first-order chi connectivity index (χ1) is 10.1. The van der Waals surface area contributed by atoms with Crippen molar-refractivity contribution in [1.29, 1.82) is 0 Å². The van der Waals surface area contributed by atoms with Crippen molar-refractivity contribution in [2.24, 2.45) is 5.92 Å². The van der Waals surface area contributed by atoms with E-state index in [1.807, 2.05) is 24.4 Å².